The minimum atomic E-state index is -1.36. The molecule has 4 aromatic rings. The maximum atomic E-state index is 14.9. The SMILES string of the molecule is CC(C)Nc1ccc(-c2nn3c(c2C(=O)N[C@H]2N=C(c4ccccc4)c4cccc(F)c4NC2=O)O[C@H](C)CC3)cn1. The zero-order valence-electron chi connectivity index (χ0n) is 23.4. The Morgan fingerprint density at radius 1 is 1.10 bits per heavy atom. The second-order valence-corrected chi connectivity index (χ2v) is 10.6. The molecule has 10 nitrogen and oxygen atoms in total. The second-order valence-electron chi connectivity index (χ2n) is 10.6. The first-order chi connectivity index (χ1) is 20.3. The highest BCUT2D eigenvalue weighted by Crippen LogP contribution is 2.34. The highest BCUT2D eigenvalue weighted by Gasteiger charge is 2.34. The Kier molecular flexibility index (Phi) is 7.15. The fourth-order valence-electron chi connectivity index (χ4n) is 5.01. The van der Waals surface area contributed by atoms with Crippen molar-refractivity contribution in [2.45, 2.75) is 52.0 Å². The van der Waals surface area contributed by atoms with Gasteiger partial charge in [0.25, 0.3) is 11.8 Å². The van der Waals surface area contributed by atoms with E-state index in [1.807, 2.05) is 63.2 Å². The molecule has 2 aliphatic heterocycles. The van der Waals surface area contributed by atoms with Gasteiger partial charge in [0, 0.05) is 41.9 Å². The summed E-state index contributed by atoms with van der Waals surface area (Å²) >= 11 is 0. The molecule has 0 saturated heterocycles. The van der Waals surface area contributed by atoms with Crippen LogP contribution in [0.25, 0.3) is 11.3 Å². The highest BCUT2D eigenvalue weighted by atomic mass is 19.1. The summed E-state index contributed by atoms with van der Waals surface area (Å²) in [7, 11) is 0. The molecule has 2 aromatic heterocycles. The minimum absolute atomic E-state index is 0.00350. The topological polar surface area (TPSA) is 123 Å². The summed E-state index contributed by atoms with van der Waals surface area (Å²) in [5.74, 6) is -0.884. The number of benzodiazepines with no additional fused rings is 1. The van der Waals surface area contributed by atoms with E-state index >= 15 is 0 Å². The van der Waals surface area contributed by atoms with E-state index < -0.39 is 23.8 Å². The van der Waals surface area contributed by atoms with E-state index in [1.54, 1.807) is 23.0 Å². The largest absolute Gasteiger partial charge is 0.474 e. The predicted molar refractivity (Wildman–Crippen MR) is 157 cm³/mol. The molecular formula is C31H30FN7O3. The number of pyridine rings is 1. The van der Waals surface area contributed by atoms with E-state index in [1.165, 1.54) is 6.07 Å². The lowest BCUT2D eigenvalue weighted by Gasteiger charge is -2.22. The summed E-state index contributed by atoms with van der Waals surface area (Å²) < 4.78 is 22.6. The molecule has 2 amide bonds. The lowest BCUT2D eigenvalue weighted by molar-refractivity contribution is -0.117. The number of benzene rings is 2. The molecule has 42 heavy (non-hydrogen) atoms. The number of carbonyl (C=O) groups is 2. The Hall–Kier alpha value is -5.06. The van der Waals surface area contributed by atoms with Gasteiger partial charge in [0.15, 0.2) is 0 Å². The van der Waals surface area contributed by atoms with Crippen LogP contribution in [0.2, 0.25) is 0 Å². The molecule has 2 atom stereocenters. The third-order valence-electron chi connectivity index (χ3n) is 7.01. The van der Waals surface area contributed by atoms with Crippen LogP contribution in [0.15, 0.2) is 71.9 Å². The average Bonchev–Trinajstić information content (AvgIpc) is 3.28. The van der Waals surface area contributed by atoms with Crippen LogP contribution in [0.5, 0.6) is 5.88 Å². The van der Waals surface area contributed by atoms with Crippen LogP contribution in [-0.4, -0.2) is 50.6 Å². The third kappa shape index (κ3) is 5.20. The summed E-state index contributed by atoms with van der Waals surface area (Å²) in [4.78, 5) is 36.5. The number of amides is 2. The van der Waals surface area contributed by atoms with Crippen molar-refractivity contribution in [3.05, 3.63) is 89.4 Å². The number of aliphatic imine (C=N–C) groups is 1. The number of carbonyl (C=O) groups excluding carboxylic acids is 2. The Bertz CT molecular complexity index is 1680. The van der Waals surface area contributed by atoms with Crippen LogP contribution in [0.4, 0.5) is 15.9 Å². The molecule has 214 valence electrons. The number of fused-ring (bicyclic) bond motifs is 2. The Labute approximate surface area is 242 Å². The zero-order chi connectivity index (χ0) is 29.4. The molecule has 3 N–H and O–H groups in total. The third-order valence-corrected chi connectivity index (χ3v) is 7.01. The summed E-state index contributed by atoms with van der Waals surface area (Å²) in [5.41, 5.74) is 2.61. The number of rotatable bonds is 6. The standard InChI is InChI=1S/C31H30FN7O3/c1-17(2)34-23-13-12-20(16-33-23)26-24(31-39(38-26)15-14-18(3)42-31)29(40)37-28-30(41)36-27-21(10-7-11-22(27)32)25(35-28)19-8-5-4-6-9-19/h4-13,16-18,28H,14-15H2,1-3H3,(H,33,34)(H,36,41)(H,37,40)/t18-,28-/m1/s1. The molecule has 0 fully saturated rings. The van der Waals surface area contributed by atoms with Crippen molar-refractivity contribution in [2.75, 3.05) is 10.6 Å². The molecule has 11 heteroatoms. The van der Waals surface area contributed by atoms with Gasteiger partial charge in [-0.15, -0.1) is 0 Å². The van der Waals surface area contributed by atoms with Gasteiger partial charge in [-0.3, -0.25) is 9.59 Å². The van der Waals surface area contributed by atoms with Crippen LogP contribution in [0, 0.1) is 5.82 Å². The number of aryl methyl sites for hydroxylation is 1. The summed E-state index contributed by atoms with van der Waals surface area (Å²) in [5, 5.41) is 13.3. The first-order valence-electron chi connectivity index (χ1n) is 13.8. The number of halogens is 1. The molecule has 4 heterocycles. The molecule has 2 aliphatic rings. The number of hydrogen-bond acceptors (Lipinski definition) is 7. The fraction of sp³-hybridized carbons (Fsp3) is 0.258. The minimum Gasteiger partial charge on any atom is -0.474 e. The van der Waals surface area contributed by atoms with Gasteiger partial charge in [0.05, 0.1) is 17.5 Å². The number of nitrogens with zero attached hydrogens (tertiary/aromatic N) is 4. The van der Waals surface area contributed by atoms with Gasteiger partial charge in [0.1, 0.15) is 22.9 Å². The van der Waals surface area contributed by atoms with Gasteiger partial charge in [-0.25, -0.2) is 19.0 Å². The smallest absolute Gasteiger partial charge is 0.269 e. The lowest BCUT2D eigenvalue weighted by Crippen LogP contribution is -2.42. The van der Waals surface area contributed by atoms with Crippen LogP contribution in [-0.2, 0) is 11.3 Å². The molecule has 0 bridgehead atoms. The zero-order valence-corrected chi connectivity index (χ0v) is 23.4. The fourth-order valence-corrected chi connectivity index (χ4v) is 5.01. The van der Waals surface area contributed by atoms with Crippen molar-refractivity contribution in [3.8, 4) is 17.1 Å². The molecule has 0 saturated carbocycles. The predicted octanol–water partition coefficient (Wildman–Crippen LogP) is 4.62. The quantitative estimate of drug-likeness (QED) is 0.313. The monoisotopic (exact) mass is 567 g/mol. The maximum Gasteiger partial charge on any atom is 0.269 e. The van der Waals surface area contributed by atoms with Crippen molar-refractivity contribution in [1.29, 1.82) is 0 Å². The van der Waals surface area contributed by atoms with E-state index in [0.29, 0.717) is 46.3 Å². The van der Waals surface area contributed by atoms with Crippen LogP contribution in [0.3, 0.4) is 0 Å². The average molecular weight is 568 g/mol. The van der Waals surface area contributed by atoms with E-state index in [9.17, 15) is 14.0 Å². The highest BCUT2D eigenvalue weighted by molar-refractivity contribution is 6.20. The molecule has 0 radical (unpaired) electrons. The van der Waals surface area contributed by atoms with Crippen LogP contribution < -0.4 is 20.7 Å². The van der Waals surface area contributed by atoms with Crippen molar-refractivity contribution in [1.82, 2.24) is 20.1 Å². The molecule has 0 aliphatic carbocycles. The number of aromatic nitrogens is 3. The summed E-state index contributed by atoms with van der Waals surface area (Å²) in [6.45, 7) is 6.52. The van der Waals surface area contributed by atoms with E-state index in [4.69, 9.17) is 4.74 Å². The first kappa shape index (κ1) is 27.1. The second kappa shape index (κ2) is 11.1. The number of nitrogens with one attached hydrogen (secondary N) is 3. The Balaban J connectivity index is 1.40. The van der Waals surface area contributed by atoms with E-state index in [0.717, 1.165) is 6.42 Å². The Morgan fingerprint density at radius 2 is 1.90 bits per heavy atom. The van der Waals surface area contributed by atoms with Gasteiger partial charge in [-0.2, -0.15) is 5.10 Å². The van der Waals surface area contributed by atoms with Crippen molar-refractivity contribution < 1.29 is 18.7 Å². The van der Waals surface area contributed by atoms with Gasteiger partial charge >= 0.3 is 0 Å². The van der Waals surface area contributed by atoms with Gasteiger partial charge in [-0.1, -0.05) is 42.5 Å². The van der Waals surface area contributed by atoms with Crippen molar-refractivity contribution >= 4 is 29.0 Å². The van der Waals surface area contributed by atoms with Gasteiger partial charge in [-0.05, 0) is 39.0 Å². The first-order valence-corrected chi connectivity index (χ1v) is 13.8. The summed E-state index contributed by atoms with van der Waals surface area (Å²) in [6, 6.07) is 17.5. The molecular weight excluding hydrogens is 537 g/mol. The number of hydrogen-bond donors (Lipinski definition) is 3. The number of para-hydroxylation sites is 1. The van der Waals surface area contributed by atoms with Crippen LogP contribution >= 0.6 is 0 Å². The van der Waals surface area contributed by atoms with Gasteiger partial charge in [0.2, 0.25) is 12.0 Å². The number of anilines is 2. The Morgan fingerprint density at radius 3 is 2.64 bits per heavy atom. The molecule has 6 rings (SSSR count). The lowest BCUT2D eigenvalue weighted by atomic mass is 10.0. The van der Waals surface area contributed by atoms with E-state index in [-0.39, 0.29) is 23.4 Å². The molecule has 0 unspecified atom stereocenters. The number of ether oxygens (including phenoxy) is 1. The van der Waals surface area contributed by atoms with Crippen molar-refractivity contribution in [3.63, 3.8) is 0 Å². The van der Waals surface area contributed by atoms with Crippen LogP contribution in [0.1, 0.15) is 48.7 Å². The maximum absolute atomic E-state index is 14.9. The summed E-state index contributed by atoms with van der Waals surface area (Å²) in [6.07, 6.45) is 0.873. The normalized spacial score (nSPS) is 17.7. The van der Waals surface area contributed by atoms with E-state index in [2.05, 4.69) is 31.0 Å². The molecule has 0 spiro atoms. The van der Waals surface area contributed by atoms with Crippen molar-refractivity contribution in [2.24, 2.45) is 4.99 Å². The van der Waals surface area contributed by atoms with Gasteiger partial charge < -0.3 is 20.7 Å². The molecule has 2 aromatic carbocycles.